The molecule has 1 amide bonds. The van der Waals surface area contributed by atoms with Crippen LogP contribution in [0.25, 0.3) is 5.69 Å². The molecule has 3 rings (SSSR count). The Labute approximate surface area is 168 Å². The molecule has 1 N–H and O–H groups in total. The van der Waals surface area contributed by atoms with E-state index in [-0.39, 0.29) is 6.54 Å². The third-order valence-corrected chi connectivity index (χ3v) is 4.85. The number of halogens is 5. The van der Waals surface area contributed by atoms with Gasteiger partial charge in [-0.25, -0.2) is 4.68 Å². The molecule has 0 aliphatic rings. The molecule has 0 saturated carbocycles. The molecule has 28 heavy (non-hydrogen) atoms. The molecule has 146 valence electrons. The minimum atomic E-state index is -4.43. The van der Waals surface area contributed by atoms with Crippen LogP contribution in [0, 0.1) is 6.92 Å². The summed E-state index contributed by atoms with van der Waals surface area (Å²) in [5.74, 6) is -0.443. The Balaban J connectivity index is 1.75. The molecule has 1 heterocycles. The summed E-state index contributed by atoms with van der Waals surface area (Å²) in [6.45, 7) is 1.66. The average Bonchev–Trinajstić information content (AvgIpc) is 3.03. The zero-order valence-electron chi connectivity index (χ0n) is 14.5. The topological polar surface area (TPSA) is 46.9 Å². The predicted molar refractivity (Wildman–Crippen MR) is 101 cm³/mol. The smallest absolute Gasteiger partial charge is 0.348 e. The molecule has 1 aromatic heterocycles. The molecule has 0 saturated heterocycles. The SMILES string of the molecule is Cc1c(C(=O)NCc2cccc(C(F)(F)F)c2)cnn1-c1ccc(Cl)c(Cl)c1. The van der Waals surface area contributed by atoms with Gasteiger partial charge in [0.2, 0.25) is 0 Å². The van der Waals surface area contributed by atoms with Gasteiger partial charge in [-0.15, -0.1) is 0 Å². The van der Waals surface area contributed by atoms with Gasteiger partial charge in [0, 0.05) is 6.54 Å². The summed E-state index contributed by atoms with van der Waals surface area (Å²) >= 11 is 11.9. The quantitative estimate of drug-likeness (QED) is 0.602. The van der Waals surface area contributed by atoms with Crippen molar-refractivity contribution in [3.8, 4) is 5.69 Å². The van der Waals surface area contributed by atoms with Crippen LogP contribution in [0.5, 0.6) is 0 Å². The summed E-state index contributed by atoms with van der Waals surface area (Å²) in [4.78, 5) is 12.5. The minimum absolute atomic E-state index is 0.0415. The standard InChI is InChI=1S/C19H14Cl2F3N3O/c1-11-15(10-26-27(11)14-5-6-16(20)17(21)8-14)18(28)25-9-12-3-2-4-13(7-12)19(22,23)24/h2-8,10H,9H2,1H3,(H,25,28). The van der Waals surface area contributed by atoms with Gasteiger partial charge in [0.25, 0.3) is 5.91 Å². The van der Waals surface area contributed by atoms with Gasteiger partial charge in [-0.1, -0.05) is 35.3 Å². The molecular formula is C19H14Cl2F3N3O. The van der Waals surface area contributed by atoms with Crippen LogP contribution in [-0.2, 0) is 12.7 Å². The fraction of sp³-hybridized carbons (Fsp3) is 0.158. The van der Waals surface area contributed by atoms with Crippen molar-refractivity contribution in [3.63, 3.8) is 0 Å². The second-order valence-electron chi connectivity index (χ2n) is 6.03. The fourth-order valence-corrected chi connectivity index (χ4v) is 2.94. The second-order valence-corrected chi connectivity index (χ2v) is 6.85. The van der Waals surface area contributed by atoms with E-state index in [2.05, 4.69) is 10.4 Å². The lowest BCUT2D eigenvalue weighted by Crippen LogP contribution is -2.23. The summed E-state index contributed by atoms with van der Waals surface area (Å²) in [6, 6.07) is 9.75. The summed E-state index contributed by atoms with van der Waals surface area (Å²) in [5, 5.41) is 7.55. The van der Waals surface area contributed by atoms with E-state index in [1.165, 1.54) is 23.0 Å². The molecule has 2 aromatic carbocycles. The molecule has 9 heteroatoms. The highest BCUT2D eigenvalue weighted by Crippen LogP contribution is 2.29. The van der Waals surface area contributed by atoms with Gasteiger partial charge >= 0.3 is 6.18 Å². The van der Waals surface area contributed by atoms with Crippen LogP contribution in [0.4, 0.5) is 13.2 Å². The number of benzene rings is 2. The first-order valence-electron chi connectivity index (χ1n) is 8.11. The van der Waals surface area contributed by atoms with Crippen molar-refractivity contribution in [2.45, 2.75) is 19.6 Å². The highest BCUT2D eigenvalue weighted by molar-refractivity contribution is 6.42. The lowest BCUT2D eigenvalue weighted by Gasteiger charge is -2.10. The molecule has 3 aromatic rings. The van der Waals surface area contributed by atoms with Crippen molar-refractivity contribution >= 4 is 29.1 Å². The minimum Gasteiger partial charge on any atom is -0.348 e. The Bertz CT molecular complexity index is 1030. The van der Waals surface area contributed by atoms with E-state index >= 15 is 0 Å². The molecule has 0 atom stereocenters. The lowest BCUT2D eigenvalue weighted by molar-refractivity contribution is -0.137. The first-order valence-corrected chi connectivity index (χ1v) is 8.87. The fourth-order valence-electron chi connectivity index (χ4n) is 2.64. The maximum atomic E-state index is 12.8. The molecule has 4 nitrogen and oxygen atoms in total. The zero-order chi connectivity index (χ0) is 20.5. The van der Waals surface area contributed by atoms with Crippen molar-refractivity contribution in [2.24, 2.45) is 0 Å². The average molecular weight is 428 g/mol. The Hall–Kier alpha value is -2.51. The summed E-state index contributed by atoms with van der Waals surface area (Å²) in [6.07, 6.45) is -3.04. The van der Waals surface area contributed by atoms with E-state index < -0.39 is 17.6 Å². The number of aromatic nitrogens is 2. The lowest BCUT2D eigenvalue weighted by atomic mass is 10.1. The maximum Gasteiger partial charge on any atom is 0.416 e. The molecule has 0 fully saturated rings. The summed E-state index contributed by atoms with van der Waals surface area (Å²) in [5.41, 5.74) is 1.07. The van der Waals surface area contributed by atoms with E-state index in [1.54, 1.807) is 25.1 Å². The number of nitrogens with one attached hydrogen (secondary N) is 1. The molecule has 0 aliphatic heterocycles. The van der Waals surface area contributed by atoms with Crippen molar-refractivity contribution in [2.75, 3.05) is 0 Å². The molecule has 0 bridgehead atoms. The first kappa shape index (κ1) is 20.2. The Morgan fingerprint density at radius 2 is 1.89 bits per heavy atom. The van der Waals surface area contributed by atoms with E-state index in [0.29, 0.717) is 32.6 Å². The zero-order valence-corrected chi connectivity index (χ0v) is 16.0. The van der Waals surface area contributed by atoms with E-state index in [9.17, 15) is 18.0 Å². The number of hydrogen-bond donors (Lipinski definition) is 1. The summed E-state index contributed by atoms with van der Waals surface area (Å²) in [7, 11) is 0. The van der Waals surface area contributed by atoms with Crippen molar-refractivity contribution in [1.82, 2.24) is 15.1 Å². The van der Waals surface area contributed by atoms with Crippen LogP contribution in [0.1, 0.15) is 27.2 Å². The highest BCUT2D eigenvalue weighted by Gasteiger charge is 2.30. The molecule has 0 spiro atoms. The third kappa shape index (κ3) is 4.31. The van der Waals surface area contributed by atoms with Gasteiger partial charge in [0.1, 0.15) is 0 Å². The van der Waals surface area contributed by atoms with Crippen LogP contribution in [0.2, 0.25) is 10.0 Å². The van der Waals surface area contributed by atoms with E-state index in [1.807, 2.05) is 0 Å². The predicted octanol–water partition coefficient (Wildman–Crippen LogP) is 5.44. The van der Waals surface area contributed by atoms with Gasteiger partial charge in [0.05, 0.1) is 38.8 Å². The van der Waals surface area contributed by atoms with E-state index in [4.69, 9.17) is 23.2 Å². The number of carbonyl (C=O) groups is 1. The molecule has 0 radical (unpaired) electrons. The first-order chi connectivity index (χ1) is 13.2. The molecule has 0 aliphatic carbocycles. The highest BCUT2D eigenvalue weighted by atomic mass is 35.5. The van der Waals surface area contributed by atoms with Crippen LogP contribution in [0.15, 0.2) is 48.7 Å². The largest absolute Gasteiger partial charge is 0.416 e. The summed E-state index contributed by atoms with van der Waals surface area (Å²) < 4.78 is 39.9. The number of amides is 1. The van der Waals surface area contributed by atoms with Gasteiger partial charge in [-0.05, 0) is 42.8 Å². The van der Waals surface area contributed by atoms with Crippen molar-refractivity contribution in [1.29, 1.82) is 0 Å². The van der Waals surface area contributed by atoms with Gasteiger partial charge in [-0.2, -0.15) is 18.3 Å². The normalized spacial score (nSPS) is 11.5. The second kappa shape index (κ2) is 7.85. The Morgan fingerprint density at radius 1 is 1.14 bits per heavy atom. The van der Waals surface area contributed by atoms with Crippen LogP contribution >= 0.6 is 23.2 Å². The Morgan fingerprint density at radius 3 is 2.57 bits per heavy atom. The van der Waals surface area contributed by atoms with Gasteiger partial charge in [-0.3, -0.25) is 4.79 Å². The van der Waals surface area contributed by atoms with Gasteiger partial charge in [0.15, 0.2) is 0 Å². The van der Waals surface area contributed by atoms with E-state index in [0.717, 1.165) is 12.1 Å². The number of carbonyl (C=O) groups excluding carboxylic acids is 1. The Kier molecular flexibility index (Phi) is 5.67. The van der Waals surface area contributed by atoms with Crippen molar-refractivity contribution in [3.05, 3.63) is 81.1 Å². The number of nitrogens with zero attached hydrogens (tertiary/aromatic N) is 2. The van der Waals surface area contributed by atoms with Crippen LogP contribution in [-0.4, -0.2) is 15.7 Å². The number of alkyl halides is 3. The number of hydrogen-bond acceptors (Lipinski definition) is 2. The number of rotatable bonds is 4. The monoisotopic (exact) mass is 427 g/mol. The van der Waals surface area contributed by atoms with Crippen LogP contribution in [0.3, 0.4) is 0 Å². The maximum absolute atomic E-state index is 12.8. The van der Waals surface area contributed by atoms with Crippen molar-refractivity contribution < 1.29 is 18.0 Å². The van der Waals surface area contributed by atoms with Crippen LogP contribution < -0.4 is 5.32 Å². The molecule has 0 unspecified atom stereocenters. The van der Waals surface area contributed by atoms with Gasteiger partial charge < -0.3 is 5.32 Å². The third-order valence-electron chi connectivity index (χ3n) is 4.11. The molecular weight excluding hydrogens is 414 g/mol.